The lowest BCUT2D eigenvalue weighted by atomic mass is 9.86. The molecule has 0 atom stereocenters. The van der Waals surface area contributed by atoms with Crippen molar-refractivity contribution in [2.45, 2.75) is 58.7 Å². The van der Waals surface area contributed by atoms with E-state index in [0.717, 1.165) is 17.7 Å². The Morgan fingerprint density at radius 1 is 1.02 bits per heavy atom. The maximum atomic E-state index is 13.8. The van der Waals surface area contributed by atoms with E-state index >= 15 is 0 Å². The Balaban J connectivity index is 1.46. The van der Waals surface area contributed by atoms with Gasteiger partial charge in [0.25, 0.3) is 11.8 Å². The Labute approximate surface area is 235 Å². The molecule has 5 rings (SSSR count). The van der Waals surface area contributed by atoms with Crippen LogP contribution in [0.25, 0.3) is 22.4 Å². The highest BCUT2D eigenvalue weighted by Crippen LogP contribution is 2.36. The van der Waals surface area contributed by atoms with Crippen LogP contribution < -0.4 is 0 Å². The quantitative estimate of drug-likeness (QED) is 0.317. The number of imidazole rings is 1. The highest BCUT2D eigenvalue weighted by Gasteiger charge is 2.40. The van der Waals surface area contributed by atoms with Crippen molar-refractivity contribution in [3.8, 4) is 11.3 Å². The second-order valence-corrected chi connectivity index (χ2v) is 12.1. The number of furan rings is 1. The molecule has 1 aliphatic rings. The number of benzene rings is 1. The van der Waals surface area contributed by atoms with Crippen LogP contribution >= 0.6 is 0 Å². The van der Waals surface area contributed by atoms with E-state index in [1.807, 2.05) is 34.6 Å². The number of amides is 2. The normalized spacial score (nSPS) is 15.9. The Morgan fingerprint density at radius 2 is 1.71 bits per heavy atom. The molecule has 2 amide bonds. The summed E-state index contributed by atoms with van der Waals surface area (Å²) in [7, 11) is 0. The first-order valence-corrected chi connectivity index (χ1v) is 13.3. The number of hydrogen-bond acceptors (Lipinski definition) is 5. The fourth-order valence-electron chi connectivity index (χ4n) is 5.20. The van der Waals surface area contributed by atoms with E-state index in [-0.39, 0.29) is 17.6 Å². The van der Waals surface area contributed by atoms with Crippen molar-refractivity contribution in [3.05, 3.63) is 71.0 Å². The molecule has 0 radical (unpaired) electrons. The van der Waals surface area contributed by atoms with Crippen LogP contribution in [0.1, 0.15) is 72.6 Å². The van der Waals surface area contributed by atoms with Gasteiger partial charge >= 0.3 is 6.18 Å². The van der Waals surface area contributed by atoms with Gasteiger partial charge in [-0.1, -0.05) is 32.9 Å². The van der Waals surface area contributed by atoms with Gasteiger partial charge in [0.15, 0.2) is 11.3 Å². The number of alkyl halides is 3. The van der Waals surface area contributed by atoms with E-state index in [4.69, 9.17) is 4.42 Å². The zero-order valence-electron chi connectivity index (χ0n) is 23.8. The average molecular weight is 568 g/mol. The summed E-state index contributed by atoms with van der Waals surface area (Å²) in [5, 5.41) is 0. The lowest BCUT2D eigenvalue weighted by Gasteiger charge is -2.46. The molecule has 0 saturated carbocycles. The number of piperazine rings is 1. The molecular weight excluding hydrogens is 535 g/mol. The summed E-state index contributed by atoms with van der Waals surface area (Å²) >= 11 is 0. The molecule has 1 N–H and O–H groups in total. The standard InChI is InChI=1S/C30H32F3N5O3/c1-17-34-15-23(35-17)26(39)37-11-12-38(29(5,6)16-37)27(40)24-14-22-25(41-24)20(28(2,3)4)13-21(36-22)18-7-9-19(10-8-18)30(31,32)33/h7-10,13-15H,11-12,16H2,1-6H3,(H,34,35). The highest BCUT2D eigenvalue weighted by atomic mass is 19.4. The van der Waals surface area contributed by atoms with E-state index in [1.165, 1.54) is 18.3 Å². The van der Waals surface area contributed by atoms with Gasteiger partial charge in [0, 0.05) is 36.8 Å². The number of fused-ring (bicyclic) bond motifs is 1. The van der Waals surface area contributed by atoms with E-state index in [0.29, 0.717) is 53.5 Å². The van der Waals surface area contributed by atoms with Crippen LogP contribution in [0.15, 0.2) is 47.0 Å². The Hall–Kier alpha value is -4.15. The van der Waals surface area contributed by atoms with Crippen molar-refractivity contribution in [3.63, 3.8) is 0 Å². The molecule has 11 heteroatoms. The minimum atomic E-state index is -4.43. The molecule has 4 aromatic rings. The number of aromatic amines is 1. The average Bonchev–Trinajstić information content (AvgIpc) is 3.52. The van der Waals surface area contributed by atoms with Crippen molar-refractivity contribution in [2.75, 3.05) is 19.6 Å². The molecule has 3 aromatic heterocycles. The maximum absolute atomic E-state index is 13.8. The first kappa shape index (κ1) is 28.4. The molecule has 4 heterocycles. The second-order valence-electron chi connectivity index (χ2n) is 12.1. The number of halogens is 3. The molecule has 0 spiro atoms. The minimum absolute atomic E-state index is 0.111. The lowest BCUT2D eigenvalue weighted by molar-refractivity contribution is -0.137. The summed E-state index contributed by atoms with van der Waals surface area (Å²) < 4.78 is 45.4. The molecule has 0 unspecified atom stereocenters. The van der Waals surface area contributed by atoms with Crippen LogP contribution in [0.3, 0.4) is 0 Å². The van der Waals surface area contributed by atoms with E-state index < -0.39 is 22.7 Å². The smallest absolute Gasteiger partial charge is 0.416 e. The Morgan fingerprint density at radius 3 is 2.27 bits per heavy atom. The van der Waals surface area contributed by atoms with Gasteiger partial charge in [-0.25, -0.2) is 9.97 Å². The van der Waals surface area contributed by atoms with E-state index in [2.05, 4.69) is 15.0 Å². The summed E-state index contributed by atoms with van der Waals surface area (Å²) in [4.78, 5) is 41.9. The predicted octanol–water partition coefficient (Wildman–Crippen LogP) is 6.22. The monoisotopic (exact) mass is 567 g/mol. The number of nitrogens with zero attached hydrogens (tertiary/aromatic N) is 4. The summed E-state index contributed by atoms with van der Waals surface area (Å²) in [6.45, 7) is 12.5. The van der Waals surface area contributed by atoms with Crippen molar-refractivity contribution in [1.82, 2.24) is 24.8 Å². The summed E-state index contributed by atoms with van der Waals surface area (Å²) in [5.41, 5.74) is 1.25. The molecule has 1 saturated heterocycles. The molecule has 41 heavy (non-hydrogen) atoms. The van der Waals surface area contributed by atoms with Crippen molar-refractivity contribution in [1.29, 1.82) is 0 Å². The number of carbonyl (C=O) groups is 2. The topological polar surface area (TPSA) is 95.3 Å². The van der Waals surface area contributed by atoms with E-state index in [1.54, 1.807) is 28.9 Å². The van der Waals surface area contributed by atoms with Crippen LogP contribution in [0.5, 0.6) is 0 Å². The zero-order valence-corrected chi connectivity index (χ0v) is 23.8. The van der Waals surface area contributed by atoms with Gasteiger partial charge in [-0.05, 0) is 44.4 Å². The van der Waals surface area contributed by atoms with Gasteiger partial charge in [-0.3, -0.25) is 9.59 Å². The van der Waals surface area contributed by atoms with Crippen molar-refractivity contribution >= 4 is 22.9 Å². The number of hydrogen-bond donors (Lipinski definition) is 1. The zero-order chi connectivity index (χ0) is 29.9. The summed E-state index contributed by atoms with van der Waals surface area (Å²) in [5.74, 6) is 0.258. The molecule has 1 fully saturated rings. The third-order valence-corrected chi connectivity index (χ3v) is 7.37. The number of carbonyl (C=O) groups excluding carboxylic acids is 2. The van der Waals surface area contributed by atoms with Gasteiger partial charge in [0.1, 0.15) is 17.0 Å². The summed E-state index contributed by atoms with van der Waals surface area (Å²) in [6, 6.07) is 8.23. The molecular formula is C30H32F3N5O3. The molecule has 8 nitrogen and oxygen atoms in total. The molecule has 1 aromatic carbocycles. The van der Waals surface area contributed by atoms with Crippen LogP contribution in [-0.4, -0.2) is 61.7 Å². The number of aromatic nitrogens is 3. The number of pyridine rings is 1. The Bertz CT molecular complexity index is 1630. The number of rotatable bonds is 3. The van der Waals surface area contributed by atoms with Gasteiger partial charge in [-0.2, -0.15) is 13.2 Å². The SMILES string of the molecule is Cc1ncc(C(=O)N2CCN(C(=O)c3cc4nc(-c5ccc(C(F)(F)F)cc5)cc(C(C)(C)C)c4o3)C(C)(C)C2)[nH]1. The fourth-order valence-corrected chi connectivity index (χ4v) is 5.20. The molecule has 0 bridgehead atoms. The van der Waals surface area contributed by atoms with Crippen molar-refractivity contribution < 1.29 is 27.2 Å². The van der Waals surface area contributed by atoms with Gasteiger partial charge in [-0.15, -0.1) is 0 Å². The summed E-state index contributed by atoms with van der Waals surface area (Å²) in [6.07, 6.45) is -2.92. The van der Waals surface area contributed by atoms with Crippen LogP contribution in [0.4, 0.5) is 13.2 Å². The number of H-pyrrole nitrogens is 1. The third kappa shape index (κ3) is 5.45. The van der Waals surface area contributed by atoms with Crippen molar-refractivity contribution in [2.24, 2.45) is 0 Å². The molecule has 216 valence electrons. The number of nitrogens with one attached hydrogen (secondary N) is 1. The third-order valence-electron chi connectivity index (χ3n) is 7.37. The fraction of sp³-hybridized carbons (Fsp3) is 0.400. The first-order valence-electron chi connectivity index (χ1n) is 13.3. The Kier molecular flexibility index (Phi) is 6.74. The van der Waals surface area contributed by atoms with Crippen LogP contribution in [-0.2, 0) is 11.6 Å². The van der Waals surface area contributed by atoms with Crippen LogP contribution in [0, 0.1) is 6.92 Å². The van der Waals surface area contributed by atoms with Gasteiger partial charge in [0.05, 0.1) is 23.0 Å². The first-order chi connectivity index (χ1) is 19.0. The number of aryl methyl sites for hydroxylation is 1. The van der Waals surface area contributed by atoms with Gasteiger partial charge < -0.3 is 19.2 Å². The van der Waals surface area contributed by atoms with E-state index in [9.17, 15) is 22.8 Å². The lowest BCUT2D eigenvalue weighted by Crippen LogP contribution is -2.62. The van der Waals surface area contributed by atoms with Gasteiger partial charge in [0.2, 0.25) is 0 Å². The molecule has 1 aliphatic heterocycles. The molecule has 0 aliphatic carbocycles. The minimum Gasteiger partial charge on any atom is -0.449 e. The second kappa shape index (κ2) is 9.74. The predicted molar refractivity (Wildman–Crippen MR) is 147 cm³/mol. The largest absolute Gasteiger partial charge is 0.449 e. The maximum Gasteiger partial charge on any atom is 0.416 e. The highest BCUT2D eigenvalue weighted by molar-refractivity contribution is 5.97. The van der Waals surface area contributed by atoms with Crippen LogP contribution in [0.2, 0.25) is 0 Å².